The summed E-state index contributed by atoms with van der Waals surface area (Å²) in [5, 5.41) is 7.66. The van der Waals surface area contributed by atoms with Crippen molar-refractivity contribution in [2.75, 3.05) is 18.4 Å². The van der Waals surface area contributed by atoms with Gasteiger partial charge in [0.25, 0.3) is 5.91 Å². The Morgan fingerprint density at radius 3 is 1.95 bits per heavy atom. The standard InChI is InChI=1S/C26H24Cl2F6N4O2/c1-5-37(23(40)14-8-15(25(29,30)31)10-16(9-14)26(32,33)34)13-22(39)35-21-12-20(24(2,3)4)36-38(21)17-6-7-18(27)19(28)11-17/h6-12H,5,13H2,1-4H3,(H,35,39). The predicted octanol–water partition coefficient (Wildman–Crippen LogP) is 7.62. The number of halogens is 8. The maximum atomic E-state index is 13.3. The molecule has 40 heavy (non-hydrogen) atoms. The topological polar surface area (TPSA) is 67.2 Å². The molecule has 1 N–H and O–H groups in total. The molecular weight excluding hydrogens is 585 g/mol. The number of likely N-dealkylation sites (N-methyl/N-ethyl adjacent to an activating group) is 1. The molecule has 2 aromatic carbocycles. The zero-order valence-electron chi connectivity index (χ0n) is 21.6. The minimum atomic E-state index is -5.13. The molecule has 0 aliphatic rings. The summed E-state index contributed by atoms with van der Waals surface area (Å²) in [7, 11) is 0. The van der Waals surface area contributed by atoms with Crippen molar-refractivity contribution in [2.45, 2.75) is 45.5 Å². The van der Waals surface area contributed by atoms with Crippen molar-refractivity contribution in [3.05, 3.63) is 74.9 Å². The molecule has 0 aliphatic carbocycles. The summed E-state index contributed by atoms with van der Waals surface area (Å²) in [5.41, 5.74) is -3.52. The van der Waals surface area contributed by atoms with Crippen LogP contribution in [0.2, 0.25) is 10.0 Å². The van der Waals surface area contributed by atoms with Crippen LogP contribution in [0.5, 0.6) is 0 Å². The van der Waals surface area contributed by atoms with E-state index in [2.05, 4.69) is 10.4 Å². The highest BCUT2D eigenvalue weighted by molar-refractivity contribution is 6.42. The van der Waals surface area contributed by atoms with Gasteiger partial charge in [-0.2, -0.15) is 31.4 Å². The van der Waals surface area contributed by atoms with Gasteiger partial charge in [0.2, 0.25) is 5.91 Å². The second-order valence-electron chi connectivity index (χ2n) is 9.84. The first-order valence-corrected chi connectivity index (χ1v) is 12.5. The van der Waals surface area contributed by atoms with E-state index < -0.39 is 52.8 Å². The lowest BCUT2D eigenvalue weighted by atomic mass is 9.92. The van der Waals surface area contributed by atoms with Crippen LogP contribution in [0.25, 0.3) is 5.69 Å². The Bertz CT molecular complexity index is 1400. The molecule has 216 valence electrons. The van der Waals surface area contributed by atoms with E-state index in [1.54, 1.807) is 12.1 Å². The number of anilines is 1. The molecule has 0 bridgehead atoms. The van der Waals surface area contributed by atoms with E-state index in [4.69, 9.17) is 23.2 Å². The fourth-order valence-corrected chi connectivity index (χ4v) is 3.89. The van der Waals surface area contributed by atoms with E-state index >= 15 is 0 Å². The highest BCUT2D eigenvalue weighted by Gasteiger charge is 2.38. The van der Waals surface area contributed by atoms with Crippen molar-refractivity contribution in [1.82, 2.24) is 14.7 Å². The molecule has 0 saturated heterocycles. The van der Waals surface area contributed by atoms with Gasteiger partial charge in [-0.3, -0.25) is 9.59 Å². The smallest absolute Gasteiger partial charge is 0.330 e. The second-order valence-corrected chi connectivity index (χ2v) is 10.7. The number of carbonyl (C=O) groups excluding carboxylic acids is 2. The number of benzene rings is 2. The number of nitrogens with zero attached hydrogens (tertiary/aromatic N) is 3. The first-order valence-electron chi connectivity index (χ1n) is 11.8. The van der Waals surface area contributed by atoms with E-state index in [0.29, 0.717) is 28.5 Å². The number of hydrogen-bond acceptors (Lipinski definition) is 3. The quantitative estimate of drug-likeness (QED) is 0.293. The molecule has 14 heteroatoms. The van der Waals surface area contributed by atoms with Crippen LogP contribution in [0, 0.1) is 0 Å². The molecule has 6 nitrogen and oxygen atoms in total. The minimum absolute atomic E-state index is 0.0727. The van der Waals surface area contributed by atoms with E-state index in [0.717, 1.165) is 4.90 Å². The molecule has 3 aromatic rings. The zero-order valence-corrected chi connectivity index (χ0v) is 23.1. The van der Waals surface area contributed by atoms with Crippen LogP contribution in [-0.2, 0) is 22.6 Å². The lowest BCUT2D eigenvalue weighted by Gasteiger charge is -2.22. The molecule has 0 radical (unpaired) electrons. The first-order chi connectivity index (χ1) is 18.3. The molecule has 0 spiro atoms. The third kappa shape index (κ3) is 7.28. The number of rotatable bonds is 6. The third-order valence-corrected chi connectivity index (χ3v) is 6.47. The second kappa shape index (κ2) is 11.3. The molecule has 0 unspecified atom stereocenters. The molecule has 2 amide bonds. The Morgan fingerprint density at radius 2 is 1.48 bits per heavy atom. The summed E-state index contributed by atoms with van der Waals surface area (Å²) in [6.45, 7) is 6.26. The zero-order chi connectivity index (χ0) is 30.2. The summed E-state index contributed by atoms with van der Waals surface area (Å²) in [6, 6.07) is 6.84. The lowest BCUT2D eigenvalue weighted by molar-refractivity contribution is -0.143. The van der Waals surface area contributed by atoms with Gasteiger partial charge in [-0.05, 0) is 43.3 Å². The van der Waals surface area contributed by atoms with Crippen LogP contribution in [0.1, 0.15) is 54.9 Å². The van der Waals surface area contributed by atoms with Gasteiger partial charge in [0.1, 0.15) is 12.4 Å². The number of hydrogen-bond donors (Lipinski definition) is 1. The van der Waals surface area contributed by atoms with Crippen LogP contribution in [-0.4, -0.2) is 39.6 Å². The van der Waals surface area contributed by atoms with Gasteiger partial charge in [0.15, 0.2) is 0 Å². The average molecular weight is 609 g/mol. The van der Waals surface area contributed by atoms with Crippen LogP contribution >= 0.6 is 23.2 Å². The summed E-state index contributed by atoms with van der Waals surface area (Å²) >= 11 is 12.1. The fraction of sp³-hybridized carbons (Fsp3) is 0.346. The summed E-state index contributed by atoms with van der Waals surface area (Å²) in [4.78, 5) is 26.8. The molecule has 0 fully saturated rings. The van der Waals surface area contributed by atoms with Gasteiger partial charge in [0, 0.05) is 23.6 Å². The van der Waals surface area contributed by atoms with Crippen LogP contribution in [0.3, 0.4) is 0 Å². The normalized spacial score (nSPS) is 12.4. The van der Waals surface area contributed by atoms with Gasteiger partial charge in [-0.25, -0.2) is 4.68 Å². The SMILES string of the molecule is CCN(CC(=O)Nc1cc(C(C)(C)C)nn1-c1ccc(Cl)c(Cl)c1)C(=O)c1cc(C(F)(F)F)cc(C(F)(F)F)c1. The Morgan fingerprint density at radius 1 is 0.900 bits per heavy atom. The maximum Gasteiger partial charge on any atom is 0.416 e. The van der Waals surface area contributed by atoms with Gasteiger partial charge in [-0.1, -0.05) is 44.0 Å². The number of amides is 2. The van der Waals surface area contributed by atoms with Crippen LogP contribution in [0.15, 0.2) is 42.5 Å². The van der Waals surface area contributed by atoms with Crippen molar-refractivity contribution in [2.24, 2.45) is 0 Å². The number of aromatic nitrogens is 2. The molecule has 3 rings (SSSR count). The monoisotopic (exact) mass is 608 g/mol. The molecular formula is C26H24Cl2F6N4O2. The first kappa shape index (κ1) is 31.3. The molecule has 1 heterocycles. The van der Waals surface area contributed by atoms with E-state index in [-0.39, 0.29) is 23.5 Å². The Balaban J connectivity index is 1.92. The largest absolute Gasteiger partial charge is 0.416 e. The van der Waals surface area contributed by atoms with Gasteiger partial charge >= 0.3 is 12.4 Å². The summed E-state index contributed by atoms with van der Waals surface area (Å²) < 4.78 is 81.0. The maximum absolute atomic E-state index is 13.3. The number of nitrogens with one attached hydrogen (secondary N) is 1. The lowest BCUT2D eigenvalue weighted by Crippen LogP contribution is -2.38. The average Bonchev–Trinajstić information content (AvgIpc) is 3.26. The van der Waals surface area contributed by atoms with E-state index in [9.17, 15) is 35.9 Å². The Kier molecular flexibility index (Phi) is 8.85. The highest BCUT2D eigenvalue weighted by Crippen LogP contribution is 2.36. The molecule has 1 aromatic heterocycles. The summed E-state index contributed by atoms with van der Waals surface area (Å²) in [5.74, 6) is -1.75. The minimum Gasteiger partial charge on any atom is -0.330 e. The van der Waals surface area contributed by atoms with Crippen molar-refractivity contribution in [3.8, 4) is 5.69 Å². The van der Waals surface area contributed by atoms with Crippen LogP contribution in [0.4, 0.5) is 32.2 Å². The van der Waals surface area contributed by atoms with Crippen molar-refractivity contribution < 1.29 is 35.9 Å². The summed E-state index contributed by atoms with van der Waals surface area (Å²) in [6.07, 6.45) is -10.3. The van der Waals surface area contributed by atoms with Crippen molar-refractivity contribution in [3.63, 3.8) is 0 Å². The Hall–Kier alpha value is -3.25. The van der Waals surface area contributed by atoms with E-state index in [1.807, 2.05) is 20.8 Å². The van der Waals surface area contributed by atoms with Gasteiger partial charge in [0.05, 0.1) is 32.6 Å². The number of alkyl halides is 6. The Labute approximate surface area is 235 Å². The third-order valence-electron chi connectivity index (χ3n) is 5.73. The molecule has 0 atom stereocenters. The molecule has 0 saturated carbocycles. The highest BCUT2D eigenvalue weighted by atomic mass is 35.5. The van der Waals surface area contributed by atoms with Gasteiger partial charge in [-0.15, -0.1) is 0 Å². The van der Waals surface area contributed by atoms with Crippen molar-refractivity contribution >= 4 is 40.8 Å². The van der Waals surface area contributed by atoms with Crippen molar-refractivity contribution in [1.29, 1.82) is 0 Å². The van der Waals surface area contributed by atoms with E-state index in [1.165, 1.54) is 23.7 Å². The number of carbonyl (C=O) groups is 2. The van der Waals surface area contributed by atoms with Gasteiger partial charge < -0.3 is 10.2 Å². The van der Waals surface area contributed by atoms with Crippen LogP contribution < -0.4 is 5.32 Å². The predicted molar refractivity (Wildman–Crippen MR) is 139 cm³/mol. The fourth-order valence-electron chi connectivity index (χ4n) is 3.59. The molecule has 0 aliphatic heterocycles.